The van der Waals surface area contributed by atoms with Gasteiger partial charge in [0.15, 0.2) is 0 Å². The Morgan fingerprint density at radius 2 is 2.21 bits per heavy atom. The maximum Gasteiger partial charge on any atom is 0.277 e. The van der Waals surface area contributed by atoms with Crippen LogP contribution in [0.4, 0.5) is 15.8 Å². The van der Waals surface area contributed by atoms with E-state index in [4.69, 9.17) is 9.57 Å². The number of halogens is 1. The highest BCUT2D eigenvalue weighted by Crippen LogP contribution is 2.41. The lowest BCUT2D eigenvalue weighted by Crippen LogP contribution is -2.26. The molecule has 1 aliphatic carbocycles. The Bertz CT molecular complexity index is 1050. The molecule has 150 valence electrons. The second kappa shape index (κ2) is 8.32. The monoisotopic (exact) mass is 396 g/mol. The number of pyridine rings is 1. The molecule has 8 heteroatoms. The number of benzene rings is 1. The molecule has 1 fully saturated rings. The molecule has 0 atom stereocenters. The first kappa shape index (κ1) is 18.9. The molecule has 0 radical (unpaired) electrons. The van der Waals surface area contributed by atoms with Crippen molar-refractivity contribution in [2.24, 2.45) is 0 Å². The van der Waals surface area contributed by atoms with Gasteiger partial charge in [-0.3, -0.25) is 9.63 Å². The van der Waals surface area contributed by atoms with E-state index < -0.39 is 5.91 Å². The predicted octanol–water partition coefficient (Wildman–Crippen LogP) is 3.92. The molecular weight excluding hydrogens is 375 g/mol. The molecule has 2 aromatic heterocycles. The molecule has 1 saturated carbocycles. The van der Waals surface area contributed by atoms with Crippen molar-refractivity contribution in [2.75, 3.05) is 18.5 Å². The van der Waals surface area contributed by atoms with Gasteiger partial charge in [0.05, 0.1) is 41.2 Å². The van der Waals surface area contributed by atoms with E-state index in [9.17, 15) is 9.18 Å². The predicted molar refractivity (Wildman–Crippen MR) is 106 cm³/mol. The topological polar surface area (TPSA) is 76.9 Å². The van der Waals surface area contributed by atoms with E-state index in [0.717, 1.165) is 18.4 Å². The van der Waals surface area contributed by atoms with Crippen LogP contribution < -0.4 is 10.8 Å². The van der Waals surface area contributed by atoms with Crippen LogP contribution in [0.25, 0.3) is 5.52 Å². The lowest BCUT2D eigenvalue weighted by molar-refractivity contribution is 0.0145. The van der Waals surface area contributed by atoms with Crippen LogP contribution in [0.2, 0.25) is 0 Å². The zero-order valence-electron chi connectivity index (χ0n) is 15.7. The van der Waals surface area contributed by atoms with E-state index in [1.54, 1.807) is 41.3 Å². The van der Waals surface area contributed by atoms with E-state index in [0.29, 0.717) is 22.7 Å². The van der Waals surface area contributed by atoms with Gasteiger partial charge in [0.2, 0.25) is 0 Å². The molecule has 4 rings (SSSR count). The zero-order chi connectivity index (χ0) is 20.2. The Hall–Kier alpha value is -3.39. The standard InChI is InChI=1S/C21H21FN4O3/c1-2-28-9-10-29-25-21(27)16-7-8-26-13-23-12-19(26)20(16)24-18-6-5-15(11-17(18)22)14-3-4-14/h2,5-8,11-14,24H,1,3-4,9-10H2,(H,25,27). The fourth-order valence-corrected chi connectivity index (χ4v) is 3.10. The van der Waals surface area contributed by atoms with E-state index in [2.05, 4.69) is 22.4 Å². The van der Waals surface area contributed by atoms with Gasteiger partial charge in [-0.15, -0.1) is 0 Å². The summed E-state index contributed by atoms with van der Waals surface area (Å²) in [6.07, 6.45) is 8.42. The van der Waals surface area contributed by atoms with Crippen molar-refractivity contribution in [3.05, 3.63) is 72.8 Å². The maximum atomic E-state index is 14.7. The van der Waals surface area contributed by atoms with E-state index in [1.807, 2.05) is 6.07 Å². The van der Waals surface area contributed by atoms with E-state index in [-0.39, 0.29) is 24.7 Å². The zero-order valence-corrected chi connectivity index (χ0v) is 15.7. The van der Waals surface area contributed by atoms with Gasteiger partial charge in [0.25, 0.3) is 5.91 Å². The van der Waals surface area contributed by atoms with E-state index in [1.165, 1.54) is 6.26 Å². The van der Waals surface area contributed by atoms with Crippen molar-refractivity contribution in [3.63, 3.8) is 0 Å². The SMILES string of the molecule is C=COCCONC(=O)c1ccn2cncc2c1Nc1ccc(C2CC2)cc1F. The number of hydrogen-bond donors (Lipinski definition) is 2. The summed E-state index contributed by atoms with van der Waals surface area (Å²) < 4.78 is 21.4. The molecule has 0 aliphatic heterocycles. The van der Waals surface area contributed by atoms with Gasteiger partial charge < -0.3 is 14.5 Å². The van der Waals surface area contributed by atoms with Crippen LogP contribution in [0.5, 0.6) is 0 Å². The van der Waals surface area contributed by atoms with Gasteiger partial charge in [-0.1, -0.05) is 12.6 Å². The second-order valence-corrected chi connectivity index (χ2v) is 6.75. The Labute approximate surface area is 167 Å². The smallest absolute Gasteiger partial charge is 0.277 e. The number of ether oxygens (including phenoxy) is 1. The number of hydroxylamine groups is 1. The van der Waals surface area contributed by atoms with Crippen LogP contribution in [0.15, 0.2) is 55.8 Å². The fourth-order valence-electron chi connectivity index (χ4n) is 3.10. The molecule has 1 aliphatic rings. The molecule has 0 spiro atoms. The first-order valence-corrected chi connectivity index (χ1v) is 9.33. The van der Waals surface area contributed by atoms with Gasteiger partial charge in [0.1, 0.15) is 19.0 Å². The average Bonchev–Trinajstić information content (AvgIpc) is 3.46. The first-order chi connectivity index (χ1) is 14.2. The molecule has 1 amide bonds. The van der Waals surface area contributed by atoms with Crippen LogP contribution in [-0.2, 0) is 9.57 Å². The third-order valence-electron chi connectivity index (χ3n) is 4.73. The number of rotatable bonds is 9. The number of anilines is 2. The quantitative estimate of drug-likeness (QED) is 0.326. The molecule has 0 saturated heterocycles. The fraction of sp³-hybridized carbons (Fsp3) is 0.238. The van der Waals surface area contributed by atoms with Crippen LogP contribution in [0.1, 0.15) is 34.7 Å². The van der Waals surface area contributed by atoms with Crippen molar-refractivity contribution in [1.82, 2.24) is 14.9 Å². The number of nitrogens with one attached hydrogen (secondary N) is 2. The maximum absolute atomic E-state index is 14.7. The van der Waals surface area contributed by atoms with Crippen molar-refractivity contribution < 1.29 is 18.8 Å². The van der Waals surface area contributed by atoms with Crippen molar-refractivity contribution in [3.8, 4) is 0 Å². The molecule has 0 unspecified atom stereocenters. The lowest BCUT2D eigenvalue weighted by atomic mass is 10.1. The first-order valence-electron chi connectivity index (χ1n) is 9.33. The Kier molecular flexibility index (Phi) is 5.44. The normalized spacial score (nSPS) is 13.3. The number of carbonyl (C=O) groups is 1. The number of amides is 1. The lowest BCUT2D eigenvalue weighted by Gasteiger charge is -2.15. The van der Waals surface area contributed by atoms with Gasteiger partial charge >= 0.3 is 0 Å². The molecule has 1 aromatic carbocycles. The summed E-state index contributed by atoms with van der Waals surface area (Å²) in [5, 5.41) is 3.06. The summed E-state index contributed by atoms with van der Waals surface area (Å²) in [7, 11) is 0. The number of imidazole rings is 1. The van der Waals surface area contributed by atoms with E-state index >= 15 is 0 Å². The van der Waals surface area contributed by atoms with Crippen LogP contribution in [0.3, 0.4) is 0 Å². The van der Waals surface area contributed by atoms with Gasteiger partial charge in [-0.05, 0) is 42.5 Å². The molecule has 2 N–H and O–H groups in total. The minimum Gasteiger partial charge on any atom is -0.499 e. The number of carbonyl (C=O) groups excluding carboxylic acids is 1. The summed E-state index contributed by atoms with van der Waals surface area (Å²) in [6, 6.07) is 6.79. The molecule has 7 nitrogen and oxygen atoms in total. The van der Waals surface area contributed by atoms with Crippen molar-refractivity contribution in [1.29, 1.82) is 0 Å². The van der Waals surface area contributed by atoms with Crippen LogP contribution >= 0.6 is 0 Å². The molecule has 2 heterocycles. The van der Waals surface area contributed by atoms with Gasteiger partial charge in [0, 0.05) is 6.20 Å². The molecular formula is C21H21FN4O3. The average molecular weight is 396 g/mol. The third-order valence-corrected chi connectivity index (χ3v) is 4.73. The summed E-state index contributed by atoms with van der Waals surface area (Å²) in [5.41, 5.74) is 5.04. The Balaban J connectivity index is 1.58. The van der Waals surface area contributed by atoms with Gasteiger partial charge in [-0.25, -0.2) is 14.9 Å². The molecule has 3 aromatic rings. The number of aromatic nitrogens is 2. The van der Waals surface area contributed by atoms with Crippen molar-refractivity contribution in [2.45, 2.75) is 18.8 Å². The summed E-state index contributed by atoms with van der Waals surface area (Å²) >= 11 is 0. The Morgan fingerprint density at radius 1 is 1.34 bits per heavy atom. The molecule has 29 heavy (non-hydrogen) atoms. The van der Waals surface area contributed by atoms with Gasteiger partial charge in [-0.2, -0.15) is 0 Å². The highest BCUT2D eigenvalue weighted by molar-refractivity contribution is 6.03. The highest BCUT2D eigenvalue weighted by atomic mass is 19.1. The second-order valence-electron chi connectivity index (χ2n) is 6.75. The van der Waals surface area contributed by atoms with Crippen LogP contribution in [0, 0.1) is 5.82 Å². The Morgan fingerprint density at radius 3 is 2.97 bits per heavy atom. The van der Waals surface area contributed by atoms with Crippen LogP contribution in [-0.4, -0.2) is 28.5 Å². The van der Waals surface area contributed by atoms with Crippen molar-refractivity contribution >= 4 is 22.8 Å². The summed E-state index contributed by atoms with van der Waals surface area (Å²) in [4.78, 5) is 21.9. The summed E-state index contributed by atoms with van der Waals surface area (Å²) in [6.45, 7) is 3.85. The number of fused-ring (bicyclic) bond motifs is 1. The third kappa shape index (κ3) is 4.22. The summed E-state index contributed by atoms with van der Waals surface area (Å²) in [5.74, 6) is -0.370. The highest BCUT2D eigenvalue weighted by Gasteiger charge is 2.24. The number of nitrogens with zero attached hydrogens (tertiary/aromatic N) is 2. The molecule has 0 bridgehead atoms. The number of hydrogen-bond acceptors (Lipinski definition) is 5. The largest absolute Gasteiger partial charge is 0.499 e. The minimum absolute atomic E-state index is 0.159. The minimum atomic E-state index is -0.468.